The molecule has 3 aromatic rings. The summed E-state index contributed by atoms with van der Waals surface area (Å²) in [6, 6.07) is 9.66. The maximum atomic E-state index is 13.2. The normalized spacial score (nSPS) is 14.3. The Hall–Kier alpha value is -2.63. The fourth-order valence-corrected chi connectivity index (χ4v) is 4.08. The number of ether oxygens (including phenoxy) is 2. The maximum absolute atomic E-state index is 13.2. The number of carbonyl (C=O) groups excluding carboxylic acids is 1. The van der Waals surface area contributed by atoms with Gasteiger partial charge in [-0.25, -0.2) is 4.39 Å². The van der Waals surface area contributed by atoms with E-state index < -0.39 is 5.82 Å². The first-order valence-corrected chi connectivity index (χ1v) is 9.88. The lowest BCUT2D eigenvalue weighted by Crippen LogP contribution is -2.00. The molecule has 0 bridgehead atoms. The van der Waals surface area contributed by atoms with Crippen LogP contribution in [0.1, 0.15) is 31.9 Å². The van der Waals surface area contributed by atoms with E-state index in [1.165, 1.54) is 12.1 Å². The Labute approximate surface area is 171 Å². The molecule has 0 atom stereocenters. The van der Waals surface area contributed by atoms with Gasteiger partial charge in [0.2, 0.25) is 5.78 Å². The van der Waals surface area contributed by atoms with E-state index in [0.29, 0.717) is 33.4 Å². The summed E-state index contributed by atoms with van der Waals surface area (Å²) in [6.45, 7) is 4.02. The van der Waals surface area contributed by atoms with Crippen LogP contribution in [0.2, 0.25) is 5.02 Å². The third kappa shape index (κ3) is 3.55. The molecule has 2 aromatic carbocycles. The van der Waals surface area contributed by atoms with Crippen LogP contribution in [0.5, 0.6) is 11.5 Å². The van der Waals surface area contributed by atoms with Crippen LogP contribution in [0, 0.1) is 19.7 Å². The number of halogens is 2. The molecule has 142 valence electrons. The lowest BCUT2D eigenvalue weighted by molar-refractivity contribution is 0.101. The van der Waals surface area contributed by atoms with Gasteiger partial charge in [-0.05, 0) is 54.6 Å². The first-order chi connectivity index (χ1) is 13.4. The van der Waals surface area contributed by atoms with E-state index in [1.807, 2.05) is 25.3 Å². The van der Waals surface area contributed by atoms with Crippen molar-refractivity contribution in [3.63, 3.8) is 0 Å². The van der Waals surface area contributed by atoms with Gasteiger partial charge in [0.05, 0.1) is 10.6 Å². The van der Waals surface area contributed by atoms with Gasteiger partial charge in [-0.15, -0.1) is 11.3 Å². The SMILES string of the molecule is Cc1ccsc1/C=C1\Oc2cc(OCc3ccc(F)cc3Cl)cc(C)c2C1=O. The number of carbonyl (C=O) groups is 1. The Morgan fingerprint density at radius 1 is 1.18 bits per heavy atom. The topological polar surface area (TPSA) is 35.5 Å². The van der Waals surface area contributed by atoms with Crippen molar-refractivity contribution in [3.8, 4) is 11.5 Å². The molecule has 1 aromatic heterocycles. The highest BCUT2D eigenvalue weighted by Crippen LogP contribution is 2.38. The van der Waals surface area contributed by atoms with Gasteiger partial charge >= 0.3 is 0 Å². The number of aryl methyl sites for hydroxylation is 2. The molecule has 0 N–H and O–H groups in total. The molecule has 0 aliphatic carbocycles. The van der Waals surface area contributed by atoms with Crippen molar-refractivity contribution in [3.05, 3.63) is 85.5 Å². The summed E-state index contributed by atoms with van der Waals surface area (Å²) in [7, 11) is 0. The van der Waals surface area contributed by atoms with Crippen molar-refractivity contribution >= 4 is 34.8 Å². The number of hydrogen-bond donors (Lipinski definition) is 0. The number of fused-ring (bicyclic) bond motifs is 1. The minimum Gasteiger partial charge on any atom is -0.489 e. The van der Waals surface area contributed by atoms with Crippen LogP contribution in [-0.2, 0) is 6.61 Å². The average Bonchev–Trinajstić information content (AvgIpc) is 3.18. The minimum absolute atomic E-state index is 0.131. The molecule has 3 nitrogen and oxygen atoms in total. The number of Topliss-reactive ketones (excluding diaryl/α,β-unsaturated/α-hetero) is 1. The van der Waals surface area contributed by atoms with Crippen LogP contribution < -0.4 is 9.47 Å². The van der Waals surface area contributed by atoms with Crippen molar-refractivity contribution in [2.75, 3.05) is 0 Å². The van der Waals surface area contributed by atoms with Gasteiger partial charge in [0.25, 0.3) is 0 Å². The summed E-state index contributed by atoms with van der Waals surface area (Å²) < 4.78 is 24.8. The third-order valence-electron chi connectivity index (χ3n) is 4.52. The van der Waals surface area contributed by atoms with Crippen LogP contribution in [0.25, 0.3) is 6.08 Å². The Balaban J connectivity index is 1.58. The second kappa shape index (κ2) is 7.41. The quantitative estimate of drug-likeness (QED) is 0.466. The lowest BCUT2D eigenvalue weighted by atomic mass is 10.0. The fraction of sp³-hybridized carbons (Fsp3) is 0.136. The minimum atomic E-state index is -0.394. The molecule has 2 heterocycles. The van der Waals surface area contributed by atoms with E-state index in [4.69, 9.17) is 21.1 Å². The number of benzene rings is 2. The Morgan fingerprint density at radius 2 is 2.00 bits per heavy atom. The van der Waals surface area contributed by atoms with Gasteiger partial charge < -0.3 is 9.47 Å². The van der Waals surface area contributed by atoms with E-state index in [2.05, 4.69) is 0 Å². The molecule has 6 heteroatoms. The summed E-state index contributed by atoms with van der Waals surface area (Å²) >= 11 is 7.60. The predicted octanol–water partition coefficient (Wildman–Crippen LogP) is 6.35. The van der Waals surface area contributed by atoms with Gasteiger partial charge in [-0.3, -0.25) is 4.79 Å². The number of hydrogen-bond acceptors (Lipinski definition) is 4. The van der Waals surface area contributed by atoms with Gasteiger partial charge in [-0.2, -0.15) is 0 Å². The third-order valence-corrected chi connectivity index (χ3v) is 5.83. The number of allylic oxidation sites excluding steroid dienone is 1. The van der Waals surface area contributed by atoms with Crippen molar-refractivity contribution in [1.82, 2.24) is 0 Å². The molecule has 0 unspecified atom stereocenters. The Bertz CT molecular complexity index is 1120. The van der Waals surface area contributed by atoms with Gasteiger partial charge in [0.15, 0.2) is 5.76 Å². The smallest absolute Gasteiger partial charge is 0.232 e. The first kappa shape index (κ1) is 18.7. The number of ketones is 1. The molecule has 0 saturated heterocycles. The molecular formula is C22H16ClFO3S. The van der Waals surface area contributed by atoms with Gasteiger partial charge in [0, 0.05) is 22.6 Å². The molecule has 0 saturated carbocycles. The summed E-state index contributed by atoms with van der Waals surface area (Å²) in [5.41, 5.74) is 3.09. The molecule has 0 amide bonds. The zero-order valence-electron chi connectivity index (χ0n) is 15.2. The average molecular weight is 415 g/mol. The fourth-order valence-electron chi connectivity index (χ4n) is 3.01. The summed E-state index contributed by atoms with van der Waals surface area (Å²) in [4.78, 5) is 13.7. The Morgan fingerprint density at radius 3 is 2.71 bits per heavy atom. The molecule has 28 heavy (non-hydrogen) atoms. The van der Waals surface area contributed by atoms with Crippen LogP contribution in [-0.4, -0.2) is 5.78 Å². The molecule has 0 fully saturated rings. The molecule has 4 rings (SSSR count). The van der Waals surface area contributed by atoms with E-state index >= 15 is 0 Å². The summed E-state index contributed by atoms with van der Waals surface area (Å²) in [6.07, 6.45) is 1.78. The first-order valence-electron chi connectivity index (χ1n) is 8.62. The maximum Gasteiger partial charge on any atom is 0.232 e. The highest BCUT2D eigenvalue weighted by molar-refractivity contribution is 7.11. The van der Waals surface area contributed by atoms with E-state index in [1.54, 1.807) is 35.6 Å². The highest BCUT2D eigenvalue weighted by Gasteiger charge is 2.30. The van der Waals surface area contributed by atoms with E-state index in [-0.39, 0.29) is 12.4 Å². The molecule has 0 spiro atoms. The Kier molecular flexibility index (Phi) is 4.96. The van der Waals surface area contributed by atoms with Crippen molar-refractivity contribution in [2.45, 2.75) is 20.5 Å². The van der Waals surface area contributed by atoms with Crippen LogP contribution >= 0.6 is 22.9 Å². The second-order valence-corrected chi connectivity index (χ2v) is 7.90. The summed E-state index contributed by atoms with van der Waals surface area (Å²) in [5, 5.41) is 2.28. The number of rotatable bonds is 4. The standard InChI is InChI=1S/C22H16ClFO3S/c1-12-5-6-28-20(12)10-19-22(25)21-13(2)7-16(9-18(21)27-19)26-11-14-3-4-15(24)8-17(14)23/h3-10H,11H2,1-2H3/b19-10-. The molecular weight excluding hydrogens is 399 g/mol. The zero-order valence-corrected chi connectivity index (χ0v) is 16.8. The molecule has 1 aliphatic heterocycles. The molecule has 1 aliphatic rings. The van der Waals surface area contributed by atoms with Crippen LogP contribution in [0.3, 0.4) is 0 Å². The number of thiophene rings is 1. The summed E-state index contributed by atoms with van der Waals surface area (Å²) in [5.74, 6) is 0.814. The molecule has 0 radical (unpaired) electrons. The largest absolute Gasteiger partial charge is 0.489 e. The highest BCUT2D eigenvalue weighted by atomic mass is 35.5. The van der Waals surface area contributed by atoms with Crippen molar-refractivity contribution in [2.24, 2.45) is 0 Å². The van der Waals surface area contributed by atoms with Crippen molar-refractivity contribution < 1.29 is 18.7 Å². The predicted molar refractivity (Wildman–Crippen MR) is 109 cm³/mol. The van der Waals surface area contributed by atoms with Gasteiger partial charge in [0.1, 0.15) is 23.9 Å². The van der Waals surface area contributed by atoms with Gasteiger partial charge in [-0.1, -0.05) is 17.7 Å². The van der Waals surface area contributed by atoms with Crippen molar-refractivity contribution in [1.29, 1.82) is 0 Å². The second-order valence-electron chi connectivity index (χ2n) is 6.55. The lowest BCUT2D eigenvalue weighted by Gasteiger charge is -2.10. The zero-order chi connectivity index (χ0) is 19.8. The van der Waals surface area contributed by atoms with Crippen LogP contribution in [0.15, 0.2) is 47.5 Å². The van der Waals surface area contributed by atoms with Crippen LogP contribution in [0.4, 0.5) is 4.39 Å². The van der Waals surface area contributed by atoms with E-state index in [9.17, 15) is 9.18 Å². The monoisotopic (exact) mass is 414 g/mol. The van der Waals surface area contributed by atoms with E-state index in [0.717, 1.165) is 16.0 Å².